The van der Waals surface area contributed by atoms with Gasteiger partial charge >= 0.3 is 10.1 Å². The third-order valence-electron chi connectivity index (χ3n) is 7.22. The fourth-order valence-corrected chi connectivity index (χ4v) is 6.29. The van der Waals surface area contributed by atoms with Crippen molar-refractivity contribution in [1.29, 1.82) is 0 Å². The molecule has 7 aromatic rings. The number of para-hydroxylation sites is 2. The van der Waals surface area contributed by atoms with Gasteiger partial charge in [-0.05, 0) is 59.3 Å². The van der Waals surface area contributed by atoms with Crippen molar-refractivity contribution < 1.29 is 17.3 Å². The molecule has 1 heterocycles. The molecule has 0 bridgehead atoms. The number of ether oxygens (including phenoxy) is 1. The van der Waals surface area contributed by atoms with Crippen LogP contribution in [-0.2, 0) is 10.1 Å². The molecule has 0 N–H and O–H groups in total. The van der Waals surface area contributed by atoms with E-state index in [4.69, 9.17) is 13.9 Å². The second kappa shape index (κ2) is 9.80. The fraction of sp³-hybridized carbons (Fsp3) is 0.0294. The number of fused-ring (bicyclic) bond motifs is 6. The highest BCUT2D eigenvalue weighted by molar-refractivity contribution is 7.87. The largest absolute Gasteiger partial charge is 0.497 e. The lowest BCUT2D eigenvalue weighted by Crippen LogP contribution is -2.11. The normalized spacial score (nSPS) is 11.7. The van der Waals surface area contributed by atoms with E-state index in [9.17, 15) is 8.42 Å². The smallest absolute Gasteiger partial charge is 0.339 e. The molecule has 0 saturated heterocycles. The molecule has 0 aliphatic heterocycles. The van der Waals surface area contributed by atoms with Crippen molar-refractivity contribution in [1.82, 2.24) is 9.55 Å². The van der Waals surface area contributed by atoms with E-state index in [0.717, 1.165) is 38.3 Å². The van der Waals surface area contributed by atoms with Crippen LogP contribution in [0.3, 0.4) is 0 Å². The monoisotopic (exact) mass is 556 g/mol. The van der Waals surface area contributed by atoms with Crippen LogP contribution in [0.15, 0.2) is 132 Å². The molecule has 0 unspecified atom stereocenters. The lowest BCUT2D eigenvalue weighted by Gasteiger charge is -2.15. The van der Waals surface area contributed by atoms with Crippen molar-refractivity contribution in [2.24, 2.45) is 0 Å². The SMILES string of the molecule is COc1ccc(S(=O)(=O)Oc2ccccc2-c2nc3c4ccccc4c4ccccc4c3n2-c2ccccc2)cc1. The summed E-state index contributed by atoms with van der Waals surface area (Å²) in [6, 6.07) is 39.7. The second-order valence-corrected chi connectivity index (χ2v) is 11.2. The molecule has 6 nitrogen and oxygen atoms in total. The number of hydrogen-bond donors (Lipinski definition) is 0. The number of hydrogen-bond acceptors (Lipinski definition) is 5. The Balaban J connectivity index is 1.51. The molecule has 7 rings (SSSR count). The average Bonchev–Trinajstić information content (AvgIpc) is 3.43. The van der Waals surface area contributed by atoms with E-state index < -0.39 is 10.1 Å². The molecule has 0 aliphatic rings. The minimum absolute atomic E-state index is 0.0293. The van der Waals surface area contributed by atoms with Gasteiger partial charge in [0.15, 0.2) is 5.75 Å². The Hall–Kier alpha value is -5.14. The molecule has 0 amide bonds. The van der Waals surface area contributed by atoms with Crippen molar-refractivity contribution in [2.75, 3.05) is 7.11 Å². The van der Waals surface area contributed by atoms with E-state index in [0.29, 0.717) is 17.1 Å². The van der Waals surface area contributed by atoms with Gasteiger partial charge in [-0.25, -0.2) is 4.98 Å². The molecule has 0 fully saturated rings. The standard InChI is InChI=1S/C34H24N2O4S/c1-39-24-19-21-25(22-20-24)41(37,38)40-31-18-10-9-17-30(31)34-35-32-28-15-7-5-13-26(28)27-14-6-8-16-29(27)33(32)36(34)23-11-3-2-4-12-23/h2-22H,1H3. The number of methoxy groups -OCH3 is 1. The lowest BCUT2D eigenvalue weighted by atomic mass is 10.00. The first-order chi connectivity index (χ1) is 20.0. The second-order valence-electron chi connectivity index (χ2n) is 9.60. The van der Waals surface area contributed by atoms with Crippen LogP contribution in [0, 0.1) is 0 Å². The number of aromatic nitrogens is 2. The molecule has 0 saturated carbocycles. The van der Waals surface area contributed by atoms with E-state index in [1.165, 1.54) is 19.2 Å². The van der Waals surface area contributed by atoms with Crippen molar-refractivity contribution in [3.63, 3.8) is 0 Å². The molecule has 0 radical (unpaired) electrons. The summed E-state index contributed by atoms with van der Waals surface area (Å²) in [5, 5.41) is 4.28. The van der Waals surface area contributed by atoms with E-state index in [1.54, 1.807) is 24.3 Å². The zero-order valence-electron chi connectivity index (χ0n) is 22.1. The zero-order valence-corrected chi connectivity index (χ0v) is 22.9. The summed E-state index contributed by atoms with van der Waals surface area (Å²) in [6.45, 7) is 0. The molecular formula is C34H24N2O4S. The van der Waals surface area contributed by atoms with Gasteiger partial charge in [-0.15, -0.1) is 0 Å². The van der Waals surface area contributed by atoms with Crippen LogP contribution in [-0.4, -0.2) is 25.1 Å². The first kappa shape index (κ1) is 24.9. The quantitative estimate of drug-likeness (QED) is 0.155. The van der Waals surface area contributed by atoms with Gasteiger partial charge in [-0.3, -0.25) is 4.57 Å². The Kier molecular flexibility index (Phi) is 5.94. The highest BCUT2D eigenvalue weighted by atomic mass is 32.2. The Morgan fingerprint density at radius 1 is 0.634 bits per heavy atom. The fourth-order valence-electron chi connectivity index (χ4n) is 5.35. The van der Waals surface area contributed by atoms with Gasteiger partial charge in [0.1, 0.15) is 16.5 Å². The number of imidazole rings is 1. The Bertz CT molecular complexity index is 2170. The van der Waals surface area contributed by atoms with E-state index >= 15 is 0 Å². The highest BCUT2D eigenvalue weighted by Crippen LogP contribution is 2.41. The molecule has 41 heavy (non-hydrogen) atoms. The third-order valence-corrected chi connectivity index (χ3v) is 8.47. The predicted molar refractivity (Wildman–Crippen MR) is 162 cm³/mol. The first-order valence-electron chi connectivity index (χ1n) is 13.1. The van der Waals surface area contributed by atoms with Crippen LogP contribution in [0.25, 0.3) is 49.7 Å². The summed E-state index contributed by atoms with van der Waals surface area (Å²) in [5.41, 5.74) is 3.22. The summed E-state index contributed by atoms with van der Waals surface area (Å²) in [4.78, 5) is 5.22. The molecular weight excluding hydrogens is 532 g/mol. The van der Waals surface area contributed by atoms with Crippen molar-refractivity contribution in [3.8, 4) is 28.6 Å². The third kappa shape index (κ3) is 4.18. The first-order valence-corrected chi connectivity index (χ1v) is 14.5. The summed E-state index contributed by atoms with van der Waals surface area (Å²) in [7, 11) is -2.61. The average molecular weight is 557 g/mol. The number of benzene rings is 6. The van der Waals surface area contributed by atoms with Crippen molar-refractivity contribution in [2.45, 2.75) is 4.90 Å². The summed E-state index contributed by atoms with van der Waals surface area (Å²) >= 11 is 0. The van der Waals surface area contributed by atoms with E-state index in [-0.39, 0.29) is 10.6 Å². The topological polar surface area (TPSA) is 70.4 Å². The Morgan fingerprint density at radius 2 is 1.22 bits per heavy atom. The van der Waals surface area contributed by atoms with Gasteiger partial charge < -0.3 is 8.92 Å². The van der Waals surface area contributed by atoms with Gasteiger partial charge in [0, 0.05) is 16.5 Å². The van der Waals surface area contributed by atoms with Crippen LogP contribution in [0.4, 0.5) is 0 Å². The van der Waals surface area contributed by atoms with Crippen molar-refractivity contribution in [3.05, 3.63) is 127 Å². The molecule has 7 heteroatoms. The molecule has 1 aromatic heterocycles. The van der Waals surface area contributed by atoms with Gasteiger partial charge in [0.05, 0.1) is 23.7 Å². The maximum Gasteiger partial charge on any atom is 0.339 e. The highest BCUT2D eigenvalue weighted by Gasteiger charge is 2.24. The Labute approximate surface area is 237 Å². The molecule has 6 aromatic carbocycles. The lowest BCUT2D eigenvalue weighted by molar-refractivity contribution is 0.414. The Morgan fingerprint density at radius 3 is 1.93 bits per heavy atom. The van der Waals surface area contributed by atoms with Crippen LogP contribution in [0.1, 0.15) is 0 Å². The van der Waals surface area contributed by atoms with Crippen LogP contribution in [0.2, 0.25) is 0 Å². The molecule has 0 aliphatic carbocycles. The van der Waals surface area contributed by atoms with Crippen molar-refractivity contribution >= 4 is 42.7 Å². The van der Waals surface area contributed by atoms with Crippen LogP contribution < -0.4 is 8.92 Å². The van der Waals surface area contributed by atoms with E-state index in [2.05, 4.69) is 28.8 Å². The predicted octanol–water partition coefficient (Wildman–Crippen LogP) is 7.78. The molecule has 200 valence electrons. The molecule has 0 atom stereocenters. The van der Waals surface area contributed by atoms with E-state index in [1.807, 2.05) is 66.7 Å². The maximum absolute atomic E-state index is 13.4. The van der Waals surface area contributed by atoms with Gasteiger partial charge in [-0.1, -0.05) is 78.9 Å². The maximum atomic E-state index is 13.4. The number of rotatable bonds is 6. The number of nitrogens with zero attached hydrogens (tertiary/aromatic N) is 2. The summed E-state index contributed by atoms with van der Waals surface area (Å²) in [5.74, 6) is 1.32. The minimum atomic E-state index is -4.14. The minimum Gasteiger partial charge on any atom is -0.497 e. The van der Waals surface area contributed by atoms with Gasteiger partial charge in [0.25, 0.3) is 0 Å². The van der Waals surface area contributed by atoms with Gasteiger partial charge in [-0.2, -0.15) is 8.42 Å². The zero-order chi connectivity index (χ0) is 28.0. The summed E-state index contributed by atoms with van der Waals surface area (Å²) < 4.78 is 39.8. The van der Waals surface area contributed by atoms with Crippen LogP contribution in [0.5, 0.6) is 11.5 Å². The molecule has 0 spiro atoms. The van der Waals surface area contributed by atoms with Crippen LogP contribution >= 0.6 is 0 Å². The summed E-state index contributed by atoms with van der Waals surface area (Å²) in [6.07, 6.45) is 0. The van der Waals surface area contributed by atoms with Gasteiger partial charge in [0.2, 0.25) is 0 Å².